The van der Waals surface area contributed by atoms with Crippen molar-refractivity contribution in [3.63, 3.8) is 0 Å². The molecular formula is C13H15ClN2S. The first-order valence-electron chi connectivity index (χ1n) is 5.41. The van der Waals surface area contributed by atoms with Crippen LogP contribution in [-0.4, -0.2) is 7.05 Å². The van der Waals surface area contributed by atoms with Gasteiger partial charge in [0.25, 0.3) is 0 Å². The normalized spacial score (nSPS) is 12.4. The Morgan fingerprint density at radius 3 is 2.65 bits per heavy atom. The predicted octanol–water partition coefficient (Wildman–Crippen LogP) is 4.18. The van der Waals surface area contributed by atoms with Crippen LogP contribution in [0.5, 0.6) is 0 Å². The fourth-order valence-corrected chi connectivity index (χ4v) is 2.96. The van der Waals surface area contributed by atoms with E-state index in [-0.39, 0.29) is 6.04 Å². The first-order valence-corrected chi connectivity index (χ1v) is 6.67. The maximum atomic E-state index is 6.21. The van der Waals surface area contributed by atoms with Crippen LogP contribution < -0.4 is 10.6 Å². The van der Waals surface area contributed by atoms with E-state index in [0.717, 1.165) is 5.69 Å². The number of thiophene rings is 1. The molecule has 2 aromatic rings. The van der Waals surface area contributed by atoms with Gasteiger partial charge >= 0.3 is 0 Å². The summed E-state index contributed by atoms with van der Waals surface area (Å²) in [4.78, 5) is 3.41. The minimum absolute atomic E-state index is 0.261. The number of hydrogen-bond donors (Lipinski definition) is 1. The molecule has 0 bridgehead atoms. The van der Waals surface area contributed by atoms with Crippen molar-refractivity contribution in [2.45, 2.75) is 13.0 Å². The summed E-state index contributed by atoms with van der Waals surface area (Å²) in [7, 11) is 2.02. The zero-order chi connectivity index (χ0) is 12.4. The van der Waals surface area contributed by atoms with Gasteiger partial charge in [-0.25, -0.2) is 0 Å². The standard InChI is InChI=1S/C13H15ClN2S/c1-9(12-7-4-8-17-12)16(2)13-10(14)5-3-6-11(13)15/h3-9H,15H2,1-2H3. The van der Waals surface area contributed by atoms with E-state index < -0.39 is 0 Å². The third kappa shape index (κ3) is 2.40. The van der Waals surface area contributed by atoms with Crippen molar-refractivity contribution in [2.24, 2.45) is 0 Å². The Labute approximate surface area is 111 Å². The summed E-state index contributed by atoms with van der Waals surface area (Å²) in [5, 5.41) is 2.77. The average Bonchev–Trinajstić information content (AvgIpc) is 2.81. The molecule has 1 heterocycles. The number of nitrogen functional groups attached to an aromatic ring is 1. The lowest BCUT2D eigenvalue weighted by Crippen LogP contribution is -2.22. The number of anilines is 2. The fourth-order valence-electron chi connectivity index (χ4n) is 1.82. The van der Waals surface area contributed by atoms with E-state index in [4.69, 9.17) is 17.3 Å². The van der Waals surface area contributed by atoms with Crippen LogP contribution in [0.15, 0.2) is 35.7 Å². The summed E-state index contributed by atoms with van der Waals surface area (Å²) in [6.07, 6.45) is 0. The molecule has 0 saturated carbocycles. The molecule has 0 aliphatic carbocycles. The van der Waals surface area contributed by atoms with Crippen LogP contribution in [0.2, 0.25) is 5.02 Å². The lowest BCUT2D eigenvalue weighted by atomic mass is 10.2. The van der Waals surface area contributed by atoms with E-state index in [2.05, 4.69) is 29.3 Å². The van der Waals surface area contributed by atoms with Crippen molar-refractivity contribution in [3.8, 4) is 0 Å². The highest BCUT2D eigenvalue weighted by Crippen LogP contribution is 2.36. The van der Waals surface area contributed by atoms with Gasteiger partial charge in [0.15, 0.2) is 0 Å². The summed E-state index contributed by atoms with van der Waals surface area (Å²) in [6, 6.07) is 10.0. The fraction of sp³-hybridized carbons (Fsp3) is 0.231. The molecule has 2 nitrogen and oxygen atoms in total. The minimum atomic E-state index is 0.261. The summed E-state index contributed by atoms with van der Waals surface area (Å²) in [6.45, 7) is 2.15. The van der Waals surface area contributed by atoms with Crippen LogP contribution in [0.1, 0.15) is 17.8 Å². The van der Waals surface area contributed by atoms with Crippen LogP contribution in [0.4, 0.5) is 11.4 Å². The van der Waals surface area contributed by atoms with E-state index in [9.17, 15) is 0 Å². The molecule has 4 heteroatoms. The predicted molar refractivity (Wildman–Crippen MR) is 77.0 cm³/mol. The van der Waals surface area contributed by atoms with Crippen LogP contribution in [0, 0.1) is 0 Å². The van der Waals surface area contributed by atoms with Gasteiger partial charge in [-0.1, -0.05) is 23.7 Å². The Bertz CT molecular complexity index is 476. The van der Waals surface area contributed by atoms with E-state index in [1.54, 1.807) is 11.3 Å². The quantitative estimate of drug-likeness (QED) is 0.845. The molecule has 1 atom stereocenters. The molecule has 2 rings (SSSR count). The minimum Gasteiger partial charge on any atom is -0.397 e. The smallest absolute Gasteiger partial charge is 0.0791 e. The Morgan fingerprint density at radius 1 is 1.29 bits per heavy atom. The van der Waals surface area contributed by atoms with E-state index in [1.807, 2.05) is 25.2 Å². The van der Waals surface area contributed by atoms with Gasteiger partial charge in [0.05, 0.1) is 22.4 Å². The Kier molecular flexibility index (Phi) is 3.60. The highest BCUT2D eigenvalue weighted by atomic mass is 35.5. The first-order chi connectivity index (χ1) is 8.11. The third-order valence-corrected chi connectivity index (χ3v) is 4.25. The lowest BCUT2D eigenvalue weighted by molar-refractivity contribution is 0.755. The number of hydrogen-bond acceptors (Lipinski definition) is 3. The molecule has 1 aromatic heterocycles. The van der Waals surface area contributed by atoms with Gasteiger partial charge < -0.3 is 10.6 Å². The number of benzene rings is 1. The van der Waals surface area contributed by atoms with Crippen molar-refractivity contribution < 1.29 is 0 Å². The van der Waals surface area contributed by atoms with Gasteiger partial charge in [0.2, 0.25) is 0 Å². The second-order valence-corrected chi connectivity index (χ2v) is 5.37. The van der Waals surface area contributed by atoms with E-state index in [0.29, 0.717) is 10.7 Å². The topological polar surface area (TPSA) is 29.3 Å². The van der Waals surface area contributed by atoms with E-state index >= 15 is 0 Å². The van der Waals surface area contributed by atoms with Crippen LogP contribution >= 0.6 is 22.9 Å². The zero-order valence-corrected chi connectivity index (χ0v) is 11.4. The molecule has 0 fully saturated rings. The molecule has 0 amide bonds. The van der Waals surface area contributed by atoms with Gasteiger partial charge in [-0.3, -0.25) is 0 Å². The summed E-state index contributed by atoms with van der Waals surface area (Å²) in [5.41, 5.74) is 7.60. The van der Waals surface area contributed by atoms with Gasteiger partial charge in [0, 0.05) is 11.9 Å². The van der Waals surface area contributed by atoms with Crippen molar-refractivity contribution in [3.05, 3.63) is 45.6 Å². The molecule has 0 aliphatic rings. The zero-order valence-electron chi connectivity index (χ0n) is 9.85. The molecule has 1 unspecified atom stereocenters. The highest BCUT2D eigenvalue weighted by molar-refractivity contribution is 7.10. The molecule has 0 aliphatic heterocycles. The number of rotatable bonds is 3. The maximum absolute atomic E-state index is 6.21. The average molecular weight is 267 g/mol. The van der Waals surface area contributed by atoms with Crippen molar-refractivity contribution >= 4 is 34.3 Å². The van der Waals surface area contributed by atoms with Gasteiger partial charge in [-0.15, -0.1) is 11.3 Å². The highest BCUT2D eigenvalue weighted by Gasteiger charge is 2.17. The van der Waals surface area contributed by atoms with Crippen LogP contribution in [-0.2, 0) is 0 Å². The number of nitrogens with zero attached hydrogens (tertiary/aromatic N) is 1. The Hall–Kier alpha value is -1.19. The van der Waals surface area contributed by atoms with Crippen molar-refractivity contribution in [1.29, 1.82) is 0 Å². The third-order valence-electron chi connectivity index (χ3n) is 2.91. The lowest BCUT2D eigenvalue weighted by Gasteiger charge is -2.28. The molecule has 0 radical (unpaired) electrons. The molecule has 90 valence electrons. The monoisotopic (exact) mass is 266 g/mol. The maximum Gasteiger partial charge on any atom is 0.0791 e. The summed E-state index contributed by atoms with van der Waals surface area (Å²) in [5.74, 6) is 0. The van der Waals surface area contributed by atoms with Crippen molar-refractivity contribution in [2.75, 3.05) is 17.7 Å². The number of para-hydroxylation sites is 1. The Balaban J connectivity index is 2.34. The number of halogens is 1. The van der Waals surface area contributed by atoms with E-state index in [1.165, 1.54) is 4.88 Å². The van der Waals surface area contributed by atoms with Crippen LogP contribution in [0.3, 0.4) is 0 Å². The number of nitrogens with two attached hydrogens (primary N) is 1. The molecule has 0 spiro atoms. The second-order valence-electron chi connectivity index (χ2n) is 3.98. The van der Waals surface area contributed by atoms with Crippen molar-refractivity contribution in [1.82, 2.24) is 0 Å². The Morgan fingerprint density at radius 2 is 2.06 bits per heavy atom. The molecular weight excluding hydrogens is 252 g/mol. The molecule has 17 heavy (non-hydrogen) atoms. The molecule has 0 saturated heterocycles. The first kappa shape index (κ1) is 12.3. The van der Waals surface area contributed by atoms with Gasteiger partial charge in [-0.05, 0) is 30.5 Å². The second kappa shape index (κ2) is 4.98. The SMILES string of the molecule is CC(c1cccs1)N(C)c1c(N)cccc1Cl. The summed E-state index contributed by atoms with van der Waals surface area (Å²) < 4.78 is 0. The molecule has 2 N–H and O–H groups in total. The largest absolute Gasteiger partial charge is 0.397 e. The molecule has 1 aromatic carbocycles. The van der Waals surface area contributed by atoms with Gasteiger partial charge in [0.1, 0.15) is 0 Å². The summed E-state index contributed by atoms with van der Waals surface area (Å²) >= 11 is 7.95. The van der Waals surface area contributed by atoms with Gasteiger partial charge in [-0.2, -0.15) is 0 Å². The van der Waals surface area contributed by atoms with Crippen LogP contribution in [0.25, 0.3) is 0 Å².